The van der Waals surface area contributed by atoms with Gasteiger partial charge in [0.05, 0.1) is 12.5 Å². The van der Waals surface area contributed by atoms with Crippen LogP contribution in [0.1, 0.15) is 42.0 Å². The molecule has 6 nitrogen and oxygen atoms in total. The van der Waals surface area contributed by atoms with E-state index in [1.54, 1.807) is 0 Å². The summed E-state index contributed by atoms with van der Waals surface area (Å²) < 4.78 is 10.6. The number of ether oxygens (including phenoxy) is 1. The van der Waals surface area contributed by atoms with Crippen molar-refractivity contribution in [2.75, 3.05) is 19.6 Å². The van der Waals surface area contributed by atoms with Gasteiger partial charge >= 0.3 is 5.97 Å². The first-order chi connectivity index (χ1) is 11.3. The molecule has 2 fully saturated rings. The van der Waals surface area contributed by atoms with Crippen molar-refractivity contribution < 1.29 is 14.1 Å². The highest BCUT2D eigenvalue weighted by Crippen LogP contribution is 2.39. The summed E-state index contributed by atoms with van der Waals surface area (Å²) in [5, 5.41) is 4.03. The summed E-state index contributed by atoms with van der Waals surface area (Å²) in [7, 11) is 0. The van der Waals surface area contributed by atoms with Crippen LogP contribution in [0.15, 0.2) is 34.9 Å². The van der Waals surface area contributed by atoms with Crippen molar-refractivity contribution >= 4 is 5.97 Å². The third-order valence-electron chi connectivity index (χ3n) is 4.30. The lowest BCUT2D eigenvalue weighted by molar-refractivity contribution is -0.147. The van der Waals surface area contributed by atoms with Crippen molar-refractivity contribution in [3.63, 3.8) is 0 Å². The van der Waals surface area contributed by atoms with E-state index < -0.39 is 0 Å². The summed E-state index contributed by atoms with van der Waals surface area (Å²) in [5.74, 6) is 2.12. The maximum absolute atomic E-state index is 11.8. The van der Waals surface area contributed by atoms with Crippen molar-refractivity contribution in [1.29, 1.82) is 0 Å². The van der Waals surface area contributed by atoms with E-state index in [4.69, 9.17) is 9.26 Å². The molecule has 0 amide bonds. The Hall–Kier alpha value is -2.21. The van der Waals surface area contributed by atoms with Crippen molar-refractivity contribution in [2.24, 2.45) is 0 Å². The average molecular weight is 313 g/mol. The molecule has 0 unspecified atom stereocenters. The molecule has 1 aromatic carbocycles. The Morgan fingerprint density at radius 3 is 2.74 bits per heavy atom. The number of likely N-dealkylation sites (tertiary alicyclic amines) is 1. The molecule has 6 heteroatoms. The van der Waals surface area contributed by atoms with Gasteiger partial charge in [-0.1, -0.05) is 35.5 Å². The van der Waals surface area contributed by atoms with Crippen LogP contribution < -0.4 is 0 Å². The molecule has 0 spiro atoms. The monoisotopic (exact) mass is 313 g/mol. The standard InChI is InChI=1S/C17H19N3O3/c21-15(22-11-12-4-2-1-3-5-12)10-20-8-14(9-20)17-18-16(19-23-17)13-6-7-13/h1-5,13-14H,6-11H2. The molecular weight excluding hydrogens is 294 g/mol. The Balaban J connectivity index is 1.20. The zero-order valence-electron chi connectivity index (χ0n) is 12.9. The molecule has 1 saturated heterocycles. The molecule has 1 aliphatic heterocycles. The summed E-state index contributed by atoms with van der Waals surface area (Å²) >= 11 is 0. The topological polar surface area (TPSA) is 68.5 Å². The van der Waals surface area contributed by atoms with Gasteiger partial charge in [0.25, 0.3) is 0 Å². The number of hydrogen-bond donors (Lipinski definition) is 0. The predicted molar refractivity (Wildman–Crippen MR) is 81.7 cm³/mol. The highest BCUT2D eigenvalue weighted by Gasteiger charge is 2.36. The second-order valence-electron chi connectivity index (χ2n) is 6.30. The van der Waals surface area contributed by atoms with E-state index in [2.05, 4.69) is 10.1 Å². The predicted octanol–water partition coefficient (Wildman–Crippen LogP) is 2.09. The lowest BCUT2D eigenvalue weighted by atomic mass is 10.0. The summed E-state index contributed by atoms with van der Waals surface area (Å²) in [5.41, 5.74) is 1.00. The number of benzene rings is 1. The van der Waals surface area contributed by atoms with Gasteiger partial charge in [0, 0.05) is 19.0 Å². The largest absolute Gasteiger partial charge is 0.460 e. The Morgan fingerprint density at radius 1 is 1.22 bits per heavy atom. The van der Waals surface area contributed by atoms with Gasteiger partial charge < -0.3 is 9.26 Å². The maximum atomic E-state index is 11.8. The fourth-order valence-corrected chi connectivity index (χ4v) is 2.74. The first-order valence-electron chi connectivity index (χ1n) is 8.03. The number of carbonyl (C=O) groups is 1. The van der Waals surface area contributed by atoms with Gasteiger partial charge in [-0.3, -0.25) is 9.69 Å². The SMILES string of the molecule is O=C(CN1CC(c2nc(C3CC3)no2)C1)OCc1ccccc1. The van der Waals surface area contributed by atoms with E-state index in [-0.39, 0.29) is 11.9 Å². The van der Waals surface area contributed by atoms with Crippen LogP contribution >= 0.6 is 0 Å². The van der Waals surface area contributed by atoms with Crippen molar-refractivity contribution in [2.45, 2.75) is 31.3 Å². The van der Waals surface area contributed by atoms with Gasteiger partial charge in [-0.15, -0.1) is 0 Å². The molecule has 23 heavy (non-hydrogen) atoms. The minimum atomic E-state index is -0.198. The van der Waals surface area contributed by atoms with Crippen LogP contribution in [0, 0.1) is 0 Å². The summed E-state index contributed by atoms with van der Waals surface area (Å²) in [6.45, 7) is 2.18. The maximum Gasteiger partial charge on any atom is 0.320 e. The number of esters is 1. The minimum Gasteiger partial charge on any atom is -0.460 e. The van der Waals surface area contributed by atoms with Crippen LogP contribution in [0.3, 0.4) is 0 Å². The highest BCUT2D eigenvalue weighted by molar-refractivity contribution is 5.71. The van der Waals surface area contributed by atoms with Gasteiger partial charge in [-0.05, 0) is 18.4 Å². The molecule has 0 bridgehead atoms. The summed E-state index contributed by atoms with van der Waals surface area (Å²) in [6.07, 6.45) is 2.34. The fraction of sp³-hybridized carbons (Fsp3) is 0.471. The van der Waals surface area contributed by atoms with Crippen LogP contribution in [0.25, 0.3) is 0 Å². The van der Waals surface area contributed by atoms with Crippen LogP contribution in [0.2, 0.25) is 0 Å². The normalized spacial score (nSPS) is 18.6. The fourth-order valence-electron chi connectivity index (χ4n) is 2.74. The second-order valence-corrected chi connectivity index (χ2v) is 6.30. The van der Waals surface area contributed by atoms with Crippen LogP contribution in [-0.2, 0) is 16.1 Å². The third kappa shape index (κ3) is 3.42. The van der Waals surface area contributed by atoms with E-state index in [0.29, 0.717) is 25.0 Å². The molecule has 1 aliphatic carbocycles. The van der Waals surface area contributed by atoms with Crippen LogP contribution in [0.5, 0.6) is 0 Å². The first kappa shape index (κ1) is 14.4. The van der Waals surface area contributed by atoms with E-state index in [0.717, 1.165) is 24.5 Å². The average Bonchev–Trinajstić information content (AvgIpc) is 3.28. The van der Waals surface area contributed by atoms with Crippen LogP contribution in [0.4, 0.5) is 0 Å². The molecule has 120 valence electrons. The molecular formula is C17H19N3O3. The lowest BCUT2D eigenvalue weighted by Gasteiger charge is -2.36. The van der Waals surface area contributed by atoms with Gasteiger partial charge in [-0.25, -0.2) is 0 Å². The molecule has 2 aliphatic rings. The number of carbonyl (C=O) groups excluding carboxylic acids is 1. The van der Waals surface area contributed by atoms with Gasteiger partial charge in [0.2, 0.25) is 5.89 Å². The molecule has 0 radical (unpaired) electrons. The van der Waals surface area contributed by atoms with Gasteiger partial charge in [0.15, 0.2) is 5.82 Å². The Bertz CT molecular complexity index is 675. The number of rotatable bonds is 6. The van der Waals surface area contributed by atoms with Crippen molar-refractivity contribution in [1.82, 2.24) is 15.0 Å². The molecule has 2 aromatic rings. The molecule has 2 heterocycles. The first-order valence-corrected chi connectivity index (χ1v) is 8.03. The lowest BCUT2D eigenvalue weighted by Crippen LogP contribution is -2.47. The van der Waals surface area contributed by atoms with E-state index in [1.807, 2.05) is 35.2 Å². The number of nitrogens with zero attached hydrogens (tertiary/aromatic N) is 3. The van der Waals surface area contributed by atoms with Crippen molar-refractivity contribution in [3.8, 4) is 0 Å². The Kier molecular flexibility index (Phi) is 3.83. The molecule has 1 saturated carbocycles. The zero-order valence-corrected chi connectivity index (χ0v) is 12.9. The summed E-state index contributed by atoms with van der Waals surface area (Å²) in [6, 6.07) is 9.70. The van der Waals surface area contributed by atoms with Crippen molar-refractivity contribution in [3.05, 3.63) is 47.6 Å². The molecule has 4 rings (SSSR count). The second kappa shape index (κ2) is 6.12. The smallest absolute Gasteiger partial charge is 0.320 e. The van der Waals surface area contributed by atoms with E-state index >= 15 is 0 Å². The number of hydrogen-bond acceptors (Lipinski definition) is 6. The van der Waals surface area contributed by atoms with Gasteiger partial charge in [0.1, 0.15) is 6.61 Å². The molecule has 1 aromatic heterocycles. The third-order valence-corrected chi connectivity index (χ3v) is 4.30. The van der Waals surface area contributed by atoms with E-state index in [9.17, 15) is 4.79 Å². The summed E-state index contributed by atoms with van der Waals surface area (Å²) in [4.78, 5) is 18.4. The van der Waals surface area contributed by atoms with Gasteiger partial charge in [-0.2, -0.15) is 4.98 Å². The zero-order chi connectivity index (χ0) is 15.6. The minimum absolute atomic E-state index is 0.198. The van der Waals surface area contributed by atoms with Crippen LogP contribution in [-0.4, -0.2) is 40.6 Å². The Labute approximate surface area is 134 Å². The molecule has 0 atom stereocenters. The number of aromatic nitrogens is 2. The quantitative estimate of drug-likeness (QED) is 0.761. The highest BCUT2D eigenvalue weighted by atomic mass is 16.5. The molecule has 0 N–H and O–H groups in total. The Morgan fingerprint density at radius 2 is 2.00 bits per heavy atom. The van der Waals surface area contributed by atoms with E-state index in [1.165, 1.54) is 12.8 Å².